The van der Waals surface area contributed by atoms with Gasteiger partial charge in [0.1, 0.15) is 17.8 Å². The Balaban J connectivity index is 3.01. The molecule has 1 aromatic rings. The molecule has 0 unspecified atom stereocenters. The van der Waals surface area contributed by atoms with Gasteiger partial charge in [0.2, 0.25) is 0 Å². The lowest BCUT2D eigenvalue weighted by molar-refractivity contribution is -0.117. The zero-order valence-electron chi connectivity index (χ0n) is 13.6. The summed E-state index contributed by atoms with van der Waals surface area (Å²) < 4.78 is 5.30. The van der Waals surface area contributed by atoms with Crippen LogP contribution in [-0.2, 0) is 21.4 Å². The Labute approximate surface area is 127 Å². The number of aldehydes is 1. The second kappa shape index (κ2) is 7.96. The first kappa shape index (κ1) is 17.4. The standard InChI is InChI=1S/C18H26O3/c1-14(20)10-11-18(2,3)17-9-8-16(21-4)13-15(17)7-5-6-12-19/h8-9,12-13H,5-7,10-11H2,1-4H3. The second-order valence-corrected chi connectivity index (χ2v) is 6.17. The lowest BCUT2D eigenvalue weighted by Gasteiger charge is -2.28. The van der Waals surface area contributed by atoms with Crippen LogP contribution in [-0.4, -0.2) is 19.2 Å². The van der Waals surface area contributed by atoms with Crippen molar-refractivity contribution in [2.45, 2.75) is 58.3 Å². The molecule has 1 rings (SSSR count). The van der Waals surface area contributed by atoms with Crippen LogP contribution in [0.15, 0.2) is 18.2 Å². The predicted octanol–water partition coefficient (Wildman–Crippen LogP) is 3.86. The number of carbonyl (C=O) groups excluding carboxylic acids is 2. The van der Waals surface area contributed by atoms with Gasteiger partial charge in [0, 0.05) is 12.8 Å². The molecule has 21 heavy (non-hydrogen) atoms. The van der Waals surface area contributed by atoms with Gasteiger partial charge in [0.05, 0.1) is 7.11 Å². The van der Waals surface area contributed by atoms with E-state index in [-0.39, 0.29) is 11.2 Å². The van der Waals surface area contributed by atoms with Crippen LogP contribution in [0.2, 0.25) is 0 Å². The third-order valence-corrected chi connectivity index (χ3v) is 3.91. The van der Waals surface area contributed by atoms with Gasteiger partial charge in [-0.1, -0.05) is 19.9 Å². The minimum Gasteiger partial charge on any atom is -0.497 e. The Morgan fingerprint density at radius 3 is 2.62 bits per heavy atom. The Bertz CT molecular complexity index is 489. The fourth-order valence-corrected chi connectivity index (χ4v) is 2.56. The summed E-state index contributed by atoms with van der Waals surface area (Å²) in [6.45, 7) is 5.97. The smallest absolute Gasteiger partial charge is 0.129 e. The van der Waals surface area contributed by atoms with Gasteiger partial charge in [-0.3, -0.25) is 0 Å². The number of unbranched alkanes of at least 4 members (excludes halogenated alkanes) is 1. The van der Waals surface area contributed by atoms with Crippen molar-refractivity contribution in [3.8, 4) is 5.75 Å². The molecule has 0 amide bonds. The van der Waals surface area contributed by atoms with Crippen LogP contribution in [0, 0.1) is 0 Å². The molecule has 0 heterocycles. The Morgan fingerprint density at radius 2 is 2.05 bits per heavy atom. The molecule has 0 aromatic heterocycles. The van der Waals surface area contributed by atoms with Gasteiger partial charge in [-0.05, 0) is 54.9 Å². The number of ketones is 1. The van der Waals surface area contributed by atoms with Crippen LogP contribution in [0.5, 0.6) is 5.75 Å². The highest BCUT2D eigenvalue weighted by atomic mass is 16.5. The molecule has 0 radical (unpaired) electrons. The Morgan fingerprint density at radius 1 is 1.33 bits per heavy atom. The van der Waals surface area contributed by atoms with Gasteiger partial charge >= 0.3 is 0 Å². The van der Waals surface area contributed by atoms with E-state index in [1.54, 1.807) is 14.0 Å². The number of aryl methyl sites for hydroxylation is 1. The number of carbonyl (C=O) groups is 2. The van der Waals surface area contributed by atoms with Crippen LogP contribution in [0.3, 0.4) is 0 Å². The average Bonchev–Trinajstić information content (AvgIpc) is 2.45. The van der Waals surface area contributed by atoms with E-state index in [1.165, 1.54) is 11.1 Å². The van der Waals surface area contributed by atoms with Gasteiger partial charge in [-0.25, -0.2) is 0 Å². The zero-order valence-corrected chi connectivity index (χ0v) is 13.6. The van der Waals surface area contributed by atoms with Crippen molar-refractivity contribution in [3.05, 3.63) is 29.3 Å². The van der Waals surface area contributed by atoms with Crippen molar-refractivity contribution in [1.29, 1.82) is 0 Å². The molecule has 116 valence electrons. The summed E-state index contributed by atoms with van der Waals surface area (Å²) in [5.74, 6) is 1.06. The van der Waals surface area contributed by atoms with E-state index in [0.29, 0.717) is 12.8 Å². The molecule has 0 bridgehead atoms. The maximum atomic E-state index is 11.3. The fourth-order valence-electron chi connectivity index (χ4n) is 2.56. The van der Waals surface area contributed by atoms with E-state index >= 15 is 0 Å². The molecule has 0 aliphatic rings. The van der Waals surface area contributed by atoms with Crippen LogP contribution in [0.1, 0.15) is 57.6 Å². The highest BCUT2D eigenvalue weighted by Crippen LogP contribution is 2.33. The molecule has 1 aromatic carbocycles. The summed E-state index contributed by atoms with van der Waals surface area (Å²) >= 11 is 0. The van der Waals surface area contributed by atoms with Crippen LogP contribution >= 0.6 is 0 Å². The number of Topliss-reactive ketones (excluding diaryl/α,β-unsaturated/α-hetero) is 1. The van der Waals surface area contributed by atoms with E-state index in [0.717, 1.165) is 31.3 Å². The first-order valence-corrected chi connectivity index (χ1v) is 7.51. The van der Waals surface area contributed by atoms with Crippen LogP contribution < -0.4 is 4.74 Å². The van der Waals surface area contributed by atoms with Crippen molar-refractivity contribution >= 4 is 12.1 Å². The predicted molar refractivity (Wildman–Crippen MR) is 84.9 cm³/mol. The summed E-state index contributed by atoms with van der Waals surface area (Å²) in [6, 6.07) is 6.11. The van der Waals surface area contributed by atoms with Crippen molar-refractivity contribution in [2.24, 2.45) is 0 Å². The Hall–Kier alpha value is -1.64. The molecule has 0 aliphatic heterocycles. The molecule has 0 aliphatic carbocycles. The summed E-state index contributed by atoms with van der Waals surface area (Å²) in [5, 5.41) is 0. The third kappa shape index (κ3) is 5.33. The number of benzene rings is 1. The minimum atomic E-state index is -0.0611. The van der Waals surface area contributed by atoms with E-state index in [1.807, 2.05) is 6.07 Å². The molecule has 0 saturated carbocycles. The van der Waals surface area contributed by atoms with Gasteiger partial charge in [0.25, 0.3) is 0 Å². The molecule has 0 spiro atoms. The molecule has 0 saturated heterocycles. The fraction of sp³-hybridized carbons (Fsp3) is 0.556. The van der Waals surface area contributed by atoms with E-state index in [2.05, 4.69) is 26.0 Å². The molecular formula is C18H26O3. The summed E-state index contributed by atoms with van der Waals surface area (Å²) in [7, 11) is 1.66. The van der Waals surface area contributed by atoms with Crippen molar-refractivity contribution in [3.63, 3.8) is 0 Å². The first-order chi connectivity index (χ1) is 9.90. The average molecular weight is 290 g/mol. The van der Waals surface area contributed by atoms with E-state index < -0.39 is 0 Å². The van der Waals surface area contributed by atoms with Crippen molar-refractivity contribution in [2.75, 3.05) is 7.11 Å². The summed E-state index contributed by atoms with van der Waals surface area (Å²) in [5.41, 5.74) is 2.40. The number of hydrogen-bond acceptors (Lipinski definition) is 3. The normalized spacial score (nSPS) is 11.2. The maximum Gasteiger partial charge on any atom is 0.129 e. The van der Waals surface area contributed by atoms with Gasteiger partial charge in [0.15, 0.2) is 0 Å². The minimum absolute atomic E-state index is 0.0611. The highest BCUT2D eigenvalue weighted by molar-refractivity contribution is 5.75. The third-order valence-electron chi connectivity index (χ3n) is 3.91. The van der Waals surface area contributed by atoms with Crippen molar-refractivity contribution < 1.29 is 14.3 Å². The quantitative estimate of drug-likeness (QED) is 0.512. The monoisotopic (exact) mass is 290 g/mol. The van der Waals surface area contributed by atoms with E-state index in [9.17, 15) is 9.59 Å². The summed E-state index contributed by atoms with van der Waals surface area (Å²) in [6.07, 6.45) is 4.65. The SMILES string of the molecule is COc1ccc(C(C)(C)CCC(C)=O)c(CCCC=O)c1. The molecule has 0 fully saturated rings. The zero-order chi connectivity index (χ0) is 15.9. The molecule has 3 nitrogen and oxygen atoms in total. The topological polar surface area (TPSA) is 43.4 Å². The maximum absolute atomic E-state index is 11.3. The summed E-state index contributed by atoms with van der Waals surface area (Å²) in [4.78, 5) is 21.8. The lowest BCUT2D eigenvalue weighted by atomic mass is 9.77. The van der Waals surface area contributed by atoms with Crippen LogP contribution in [0.25, 0.3) is 0 Å². The lowest BCUT2D eigenvalue weighted by Crippen LogP contribution is -2.20. The molecule has 0 N–H and O–H groups in total. The number of hydrogen-bond donors (Lipinski definition) is 0. The molecule has 3 heteroatoms. The Kier molecular flexibility index (Phi) is 6.60. The first-order valence-electron chi connectivity index (χ1n) is 7.51. The number of ether oxygens (including phenoxy) is 1. The van der Waals surface area contributed by atoms with E-state index in [4.69, 9.17) is 4.74 Å². The number of rotatable bonds is 9. The van der Waals surface area contributed by atoms with Gasteiger partial charge in [-0.2, -0.15) is 0 Å². The molecular weight excluding hydrogens is 264 g/mol. The van der Waals surface area contributed by atoms with Gasteiger partial charge < -0.3 is 14.3 Å². The van der Waals surface area contributed by atoms with Crippen molar-refractivity contribution in [1.82, 2.24) is 0 Å². The van der Waals surface area contributed by atoms with Gasteiger partial charge in [-0.15, -0.1) is 0 Å². The van der Waals surface area contributed by atoms with Crippen LogP contribution in [0.4, 0.5) is 0 Å². The largest absolute Gasteiger partial charge is 0.497 e. The number of methoxy groups -OCH3 is 1. The molecule has 0 atom stereocenters. The highest BCUT2D eigenvalue weighted by Gasteiger charge is 2.24. The second-order valence-electron chi connectivity index (χ2n) is 6.17.